The van der Waals surface area contributed by atoms with Crippen LogP contribution >= 0.6 is 0 Å². The lowest BCUT2D eigenvalue weighted by Gasteiger charge is -2.37. The van der Waals surface area contributed by atoms with Crippen molar-refractivity contribution < 1.29 is 19.4 Å². The molecule has 0 aliphatic carbocycles. The number of piperazine rings is 1. The highest BCUT2D eigenvalue weighted by atomic mass is 16.5. The summed E-state index contributed by atoms with van der Waals surface area (Å²) in [5, 5.41) is 12.0. The summed E-state index contributed by atoms with van der Waals surface area (Å²) in [7, 11) is 1.67. The van der Waals surface area contributed by atoms with E-state index >= 15 is 0 Å². The fraction of sp³-hybridized carbons (Fsp3) is 0.304. The highest BCUT2D eigenvalue weighted by Crippen LogP contribution is 2.25. The van der Waals surface area contributed by atoms with Crippen LogP contribution in [0.4, 0.5) is 17.1 Å². The normalized spacial score (nSPS) is 16.6. The zero-order valence-corrected chi connectivity index (χ0v) is 17.5. The minimum atomic E-state index is -0.419. The molecule has 0 saturated carbocycles. The molecule has 0 spiro atoms. The molecule has 0 atom stereocenters. The number of anilines is 3. The first-order valence-corrected chi connectivity index (χ1v) is 10.3. The molecule has 8 nitrogen and oxygen atoms in total. The first-order valence-electron chi connectivity index (χ1n) is 10.3. The van der Waals surface area contributed by atoms with E-state index in [1.54, 1.807) is 7.11 Å². The van der Waals surface area contributed by atoms with Crippen LogP contribution in [0.15, 0.2) is 60.3 Å². The quantitative estimate of drug-likeness (QED) is 0.657. The van der Waals surface area contributed by atoms with Crippen LogP contribution in [0.5, 0.6) is 5.75 Å². The van der Waals surface area contributed by atoms with Gasteiger partial charge < -0.3 is 25.0 Å². The molecule has 1 saturated heterocycles. The van der Waals surface area contributed by atoms with Crippen molar-refractivity contribution in [3.8, 4) is 5.75 Å². The molecule has 2 heterocycles. The first kappa shape index (κ1) is 20.7. The molecule has 2 aromatic carbocycles. The standard InChI is InChI=1S/C23H26N4O4/c1-31-20-8-6-19(7-9-20)26-12-10-25(11-13-26)18-4-2-17(3-5-18)24-21-16-22(29)27(14-15-28)23(21)30/h2-9,16,24,28H,10-15H2,1H3. The minimum absolute atomic E-state index is 0.000782. The molecule has 2 aliphatic rings. The van der Waals surface area contributed by atoms with Crippen molar-refractivity contribution in [3.63, 3.8) is 0 Å². The Hall–Kier alpha value is -3.52. The van der Waals surface area contributed by atoms with E-state index < -0.39 is 11.8 Å². The van der Waals surface area contributed by atoms with Crippen LogP contribution in [-0.4, -0.2) is 68.3 Å². The van der Waals surface area contributed by atoms with Crippen molar-refractivity contribution in [1.29, 1.82) is 0 Å². The monoisotopic (exact) mass is 422 g/mol. The van der Waals surface area contributed by atoms with Crippen molar-refractivity contribution >= 4 is 28.9 Å². The van der Waals surface area contributed by atoms with Gasteiger partial charge in [-0.25, -0.2) is 0 Å². The number of carbonyl (C=O) groups excluding carboxylic acids is 2. The van der Waals surface area contributed by atoms with Crippen molar-refractivity contribution in [2.45, 2.75) is 0 Å². The number of ether oxygens (including phenoxy) is 1. The summed E-state index contributed by atoms with van der Waals surface area (Å²) in [4.78, 5) is 29.8. The van der Waals surface area contributed by atoms with E-state index in [1.807, 2.05) is 36.4 Å². The topological polar surface area (TPSA) is 85.3 Å². The molecule has 4 rings (SSSR count). The van der Waals surface area contributed by atoms with Crippen LogP contribution in [0.1, 0.15) is 0 Å². The van der Waals surface area contributed by atoms with Gasteiger partial charge in [0.05, 0.1) is 20.3 Å². The number of rotatable bonds is 7. The molecule has 0 unspecified atom stereocenters. The number of nitrogens with zero attached hydrogens (tertiary/aromatic N) is 3. The lowest BCUT2D eigenvalue weighted by atomic mass is 10.2. The molecule has 8 heteroatoms. The number of β-amino-alcohol motifs (C(OH)–C–C–N with tert-alkyl or cyclic N) is 1. The Bertz CT molecular complexity index is 964. The smallest absolute Gasteiger partial charge is 0.277 e. The van der Waals surface area contributed by atoms with Crippen LogP contribution in [0.25, 0.3) is 0 Å². The Morgan fingerprint density at radius 2 is 1.45 bits per heavy atom. The van der Waals surface area contributed by atoms with Gasteiger partial charge >= 0.3 is 0 Å². The van der Waals surface area contributed by atoms with Crippen LogP contribution < -0.4 is 19.9 Å². The van der Waals surface area contributed by atoms with Crippen molar-refractivity contribution in [1.82, 2.24) is 4.90 Å². The van der Waals surface area contributed by atoms with Gasteiger partial charge in [-0.3, -0.25) is 14.5 Å². The zero-order valence-electron chi connectivity index (χ0n) is 17.5. The maximum Gasteiger partial charge on any atom is 0.277 e. The third kappa shape index (κ3) is 4.49. The van der Waals surface area contributed by atoms with Gasteiger partial charge in [0.25, 0.3) is 11.8 Å². The number of aliphatic hydroxyl groups excluding tert-OH is 1. The van der Waals surface area contributed by atoms with E-state index in [0.717, 1.165) is 48.2 Å². The average Bonchev–Trinajstić information content (AvgIpc) is 3.07. The zero-order chi connectivity index (χ0) is 21.8. The summed E-state index contributed by atoms with van der Waals surface area (Å²) in [5.41, 5.74) is 3.27. The molecule has 0 bridgehead atoms. The number of hydrogen-bond donors (Lipinski definition) is 2. The number of hydrogen-bond acceptors (Lipinski definition) is 7. The lowest BCUT2D eigenvalue weighted by molar-refractivity contribution is -0.137. The summed E-state index contributed by atoms with van der Waals surface area (Å²) in [6, 6.07) is 16.0. The van der Waals surface area contributed by atoms with Crippen molar-refractivity contribution in [2.24, 2.45) is 0 Å². The van der Waals surface area contributed by atoms with E-state index in [4.69, 9.17) is 9.84 Å². The van der Waals surface area contributed by atoms with Crippen LogP contribution in [0.2, 0.25) is 0 Å². The van der Waals surface area contributed by atoms with Gasteiger partial charge in [0.2, 0.25) is 0 Å². The van der Waals surface area contributed by atoms with Gasteiger partial charge in [-0.1, -0.05) is 0 Å². The highest BCUT2D eigenvalue weighted by molar-refractivity contribution is 6.17. The third-order valence-electron chi connectivity index (χ3n) is 5.56. The Morgan fingerprint density at radius 1 is 0.903 bits per heavy atom. The Labute approximate surface area is 181 Å². The molecule has 2 amide bonds. The summed E-state index contributed by atoms with van der Waals surface area (Å²) < 4.78 is 5.23. The molecule has 1 fully saturated rings. The van der Waals surface area contributed by atoms with E-state index in [1.165, 1.54) is 11.8 Å². The van der Waals surface area contributed by atoms with Gasteiger partial charge in [0, 0.05) is 49.3 Å². The van der Waals surface area contributed by atoms with Gasteiger partial charge in [0.1, 0.15) is 11.4 Å². The van der Waals surface area contributed by atoms with Crippen molar-refractivity contribution in [3.05, 3.63) is 60.3 Å². The average molecular weight is 422 g/mol. The summed E-state index contributed by atoms with van der Waals surface area (Å²) in [6.07, 6.45) is 1.27. The molecular formula is C23H26N4O4. The number of benzene rings is 2. The Balaban J connectivity index is 1.33. The third-order valence-corrected chi connectivity index (χ3v) is 5.56. The van der Waals surface area contributed by atoms with Gasteiger partial charge in [-0.05, 0) is 48.5 Å². The second-order valence-electron chi connectivity index (χ2n) is 7.42. The lowest BCUT2D eigenvalue weighted by Crippen LogP contribution is -2.46. The first-order chi connectivity index (χ1) is 15.1. The second-order valence-corrected chi connectivity index (χ2v) is 7.42. The van der Waals surface area contributed by atoms with Gasteiger partial charge in [-0.15, -0.1) is 0 Å². The fourth-order valence-corrected chi connectivity index (χ4v) is 3.84. The number of carbonyl (C=O) groups is 2. The summed E-state index contributed by atoms with van der Waals surface area (Å²) >= 11 is 0. The Morgan fingerprint density at radius 3 is 1.97 bits per heavy atom. The van der Waals surface area contributed by atoms with E-state index in [2.05, 4.69) is 27.2 Å². The number of amides is 2. The molecular weight excluding hydrogens is 396 g/mol. The number of aliphatic hydroxyl groups is 1. The summed E-state index contributed by atoms with van der Waals surface area (Å²) in [5.74, 6) is 0.0299. The minimum Gasteiger partial charge on any atom is -0.497 e. The van der Waals surface area contributed by atoms with E-state index in [9.17, 15) is 9.59 Å². The molecule has 2 aliphatic heterocycles. The SMILES string of the molecule is COc1ccc(N2CCN(c3ccc(NC4=CC(=O)N(CCO)C4=O)cc3)CC2)cc1. The molecule has 162 valence electrons. The fourth-order valence-electron chi connectivity index (χ4n) is 3.84. The highest BCUT2D eigenvalue weighted by Gasteiger charge is 2.30. The van der Waals surface area contributed by atoms with E-state index in [-0.39, 0.29) is 18.8 Å². The van der Waals surface area contributed by atoms with Crippen LogP contribution in [0, 0.1) is 0 Å². The predicted octanol–water partition coefficient (Wildman–Crippen LogP) is 1.68. The molecule has 31 heavy (non-hydrogen) atoms. The van der Waals surface area contributed by atoms with Crippen LogP contribution in [0.3, 0.4) is 0 Å². The summed E-state index contributed by atoms with van der Waals surface area (Å²) in [6.45, 7) is 3.42. The second kappa shape index (κ2) is 9.09. The number of imide groups is 1. The largest absolute Gasteiger partial charge is 0.497 e. The predicted molar refractivity (Wildman–Crippen MR) is 119 cm³/mol. The molecule has 2 N–H and O–H groups in total. The molecule has 2 aromatic rings. The van der Waals surface area contributed by atoms with Gasteiger partial charge in [-0.2, -0.15) is 0 Å². The van der Waals surface area contributed by atoms with Crippen LogP contribution in [-0.2, 0) is 9.59 Å². The maximum atomic E-state index is 12.3. The van der Waals surface area contributed by atoms with Gasteiger partial charge in [0.15, 0.2) is 0 Å². The van der Waals surface area contributed by atoms with E-state index in [0.29, 0.717) is 0 Å². The number of nitrogens with one attached hydrogen (secondary N) is 1. The van der Waals surface area contributed by atoms with Crippen molar-refractivity contribution in [2.75, 3.05) is 61.6 Å². The Kier molecular flexibility index (Phi) is 6.08. The molecule has 0 aromatic heterocycles. The maximum absolute atomic E-state index is 12.3. The molecule has 0 radical (unpaired) electrons. The number of methoxy groups -OCH3 is 1.